The molecule has 2 aromatic carbocycles. The van der Waals surface area contributed by atoms with Gasteiger partial charge < -0.3 is 0 Å². The van der Waals surface area contributed by atoms with Gasteiger partial charge in [-0.2, -0.15) is 0 Å². The second kappa shape index (κ2) is 5.71. The molecular formula is C22H12ClN5. The van der Waals surface area contributed by atoms with Gasteiger partial charge in [-0.05, 0) is 29.8 Å². The predicted octanol–water partition coefficient (Wildman–Crippen LogP) is 5.25. The summed E-state index contributed by atoms with van der Waals surface area (Å²) in [4.78, 5) is 9.43. The minimum atomic E-state index is 0.598. The first-order valence-electron chi connectivity index (χ1n) is 8.87. The van der Waals surface area contributed by atoms with Crippen LogP contribution in [-0.2, 0) is 0 Å². The van der Waals surface area contributed by atoms with Crippen LogP contribution in [0.4, 0.5) is 0 Å². The van der Waals surface area contributed by atoms with Gasteiger partial charge in [0.15, 0.2) is 11.5 Å². The van der Waals surface area contributed by atoms with E-state index in [4.69, 9.17) is 16.6 Å². The molecule has 5 nitrogen and oxygen atoms in total. The van der Waals surface area contributed by atoms with Crippen LogP contribution in [0.5, 0.6) is 0 Å². The molecule has 4 aromatic rings. The Bertz CT molecular complexity index is 1470. The number of aromatic nitrogens is 5. The zero-order valence-electron chi connectivity index (χ0n) is 14.5. The van der Waals surface area contributed by atoms with E-state index in [9.17, 15) is 0 Å². The van der Waals surface area contributed by atoms with Crippen LogP contribution in [0.15, 0.2) is 72.9 Å². The zero-order valence-corrected chi connectivity index (χ0v) is 15.3. The van der Waals surface area contributed by atoms with Crippen LogP contribution >= 0.6 is 11.6 Å². The van der Waals surface area contributed by atoms with Crippen molar-refractivity contribution in [3.05, 3.63) is 77.9 Å². The van der Waals surface area contributed by atoms with Gasteiger partial charge in [-0.1, -0.05) is 54.1 Å². The van der Waals surface area contributed by atoms with Crippen LogP contribution in [0, 0.1) is 0 Å². The molecule has 0 amide bonds. The summed E-state index contributed by atoms with van der Waals surface area (Å²) in [5.74, 6) is 0.703. The maximum absolute atomic E-state index is 6.39. The largest absolute Gasteiger partial charge is 0.258 e. The molecule has 2 aliphatic rings. The monoisotopic (exact) mass is 381 g/mol. The summed E-state index contributed by atoms with van der Waals surface area (Å²) in [5.41, 5.74) is 4.98. The maximum Gasteiger partial charge on any atom is 0.170 e. The Balaban J connectivity index is 1.87. The fourth-order valence-electron chi connectivity index (χ4n) is 3.73. The van der Waals surface area contributed by atoms with E-state index in [0.717, 1.165) is 33.1 Å². The summed E-state index contributed by atoms with van der Waals surface area (Å²) < 4.78 is 1.98. The van der Waals surface area contributed by atoms with E-state index < -0.39 is 0 Å². The van der Waals surface area contributed by atoms with Crippen LogP contribution < -0.4 is 0 Å². The first kappa shape index (κ1) is 15.5. The topological polar surface area (TPSA) is 56.0 Å². The lowest BCUT2D eigenvalue weighted by atomic mass is 10.1. The van der Waals surface area contributed by atoms with E-state index in [-0.39, 0.29) is 0 Å². The SMILES string of the molecule is Clc1cccc2c3nnc4c(-c5ccccc5)cc5cccnc5n4c-3nc12. The summed E-state index contributed by atoms with van der Waals surface area (Å²) in [6.45, 7) is 0. The number of benzene rings is 2. The average molecular weight is 382 g/mol. The highest BCUT2D eigenvalue weighted by Gasteiger charge is 2.22. The normalized spacial score (nSPS) is 11.8. The van der Waals surface area contributed by atoms with Crippen molar-refractivity contribution in [1.82, 2.24) is 24.6 Å². The molecule has 6 rings (SSSR count). The predicted molar refractivity (Wildman–Crippen MR) is 111 cm³/mol. The third-order valence-corrected chi connectivity index (χ3v) is 5.30. The van der Waals surface area contributed by atoms with Gasteiger partial charge in [0.2, 0.25) is 0 Å². The van der Waals surface area contributed by atoms with Crippen LogP contribution in [0.1, 0.15) is 0 Å². The van der Waals surface area contributed by atoms with Crippen molar-refractivity contribution < 1.29 is 0 Å². The van der Waals surface area contributed by atoms with Gasteiger partial charge in [0.05, 0.1) is 10.5 Å². The van der Waals surface area contributed by atoms with Crippen molar-refractivity contribution in [3.8, 4) is 22.6 Å². The fourth-order valence-corrected chi connectivity index (χ4v) is 3.95. The second-order valence-electron chi connectivity index (χ2n) is 6.62. The van der Waals surface area contributed by atoms with Crippen LogP contribution in [0.3, 0.4) is 0 Å². The molecule has 2 aliphatic heterocycles. The molecule has 4 heterocycles. The standard InChI is InChI=1S/C22H12ClN5/c23-17-10-4-9-15-18(17)25-22-19(15)26-27-21-16(13-6-2-1-3-7-13)12-14-8-5-11-24-20(14)28(21)22/h1-12H. The van der Waals surface area contributed by atoms with Gasteiger partial charge in [-0.15, -0.1) is 10.2 Å². The molecule has 0 radical (unpaired) electrons. The Morgan fingerprint density at radius 2 is 1.71 bits per heavy atom. The number of hydrogen-bond donors (Lipinski definition) is 0. The highest BCUT2D eigenvalue weighted by Crippen LogP contribution is 2.36. The molecule has 132 valence electrons. The Morgan fingerprint density at radius 1 is 0.821 bits per heavy atom. The van der Waals surface area contributed by atoms with Gasteiger partial charge >= 0.3 is 0 Å². The summed E-state index contributed by atoms with van der Waals surface area (Å²) in [5, 5.41) is 11.6. The van der Waals surface area contributed by atoms with Crippen LogP contribution in [0.2, 0.25) is 5.02 Å². The van der Waals surface area contributed by atoms with E-state index in [0.29, 0.717) is 22.2 Å². The van der Waals surface area contributed by atoms with Crippen LogP contribution in [0.25, 0.3) is 50.2 Å². The number of hydrogen-bond acceptors (Lipinski definition) is 4. The lowest BCUT2D eigenvalue weighted by Crippen LogP contribution is -2.05. The van der Waals surface area contributed by atoms with Gasteiger partial charge in [0, 0.05) is 22.5 Å². The number of fused-ring (bicyclic) bond motifs is 7. The lowest BCUT2D eigenvalue weighted by Gasteiger charge is -2.13. The Kier molecular flexibility index (Phi) is 3.16. The molecule has 0 bridgehead atoms. The summed E-state index contributed by atoms with van der Waals surface area (Å²) in [7, 11) is 0. The van der Waals surface area contributed by atoms with Crippen molar-refractivity contribution in [2.24, 2.45) is 0 Å². The summed E-state index contributed by atoms with van der Waals surface area (Å²) >= 11 is 6.39. The van der Waals surface area contributed by atoms with Gasteiger partial charge in [0.1, 0.15) is 11.3 Å². The minimum absolute atomic E-state index is 0.598. The molecule has 28 heavy (non-hydrogen) atoms. The number of halogens is 1. The van der Waals surface area contributed by atoms with Crippen molar-refractivity contribution in [3.63, 3.8) is 0 Å². The number of rotatable bonds is 1. The summed E-state index contributed by atoms with van der Waals surface area (Å²) in [6.07, 6.45) is 1.78. The smallest absolute Gasteiger partial charge is 0.170 e. The maximum atomic E-state index is 6.39. The Morgan fingerprint density at radius 3 is 2.61 bits per heavy atom. The van der Waals surface area contributed by atoms with Crippen molar-refractivity contribution in [2.75, 3.05) is 0 Å². The zero-order chi connectivity index (χ0) is 18.7. The average Bonchev–Trinajstić information content (AvgIpc) is 3.14. The molecule has 2 aromatic heterocycles. The quantitative estimate of drug-likeness (QED) is 0.365. The number of nitrogens with zero attached hydrogens (tertiary/aromatic N) is 5. The first-order valence-corrected chi connectivity index (χ1v) is 9.25. The molecule has 0 saturated carbocycles. The molecule has 0 aliphatic carbocycles. The first-order chi connectivity index (χ1) is 13.8. The third kappa shape index (κ3) is 2.08. The van der Waals surface area contributed by atoms with E-state index in [1.165, 1.54) is 0 Å². The van der Waals surface area contributed by atoms with E-state index >= 15 is 0 Å². The second-order valence-corrected chi connectivity index (χ2v) is 7.03. The highest BCUT2D eigenvalue weighted by atomic mass is 35.5. The van der Waals surface area contributed by atoms with Gasteiger partial charge in [-0.25, -0.2) is 9.97 Å². The van der Waals surface area contributed by atoms with E-state index in [1.807, 2.05) is 52.9 Å². The minimum Gasteiger partial charge on any atom is -0.258 e. The third-order valence-electron chi connectivity index (χ3n) is 4.99. The summed E-state index contributed by atoms with van der Waals surface area (Å²) in [6, 6.07) is 21.9. The molecular weight excluding hydrogens is 370 g/mol. The van der Waals surface area contributed by atoms with Crippen molar-refractivity contribution in [2.45, 2.75) is 0 Å². The highest BCUT2D eigenvalue weighted by molar-refractivity contribution is 6.35. The molecule has 0 spiro atoms. The van der Waals surface area contributed by atoms with Gasteiger partial charge in [0.25, 0.3) is 0 Å². The lowest BCUT2D eigenvalue weighted by molar-refractivity contribution is 0.976. The van der Waals surface area contributed by atoms with Crippen molar-refractivity contribution >= 4 is 39.2 Å². The molecule has 0 fully saturated rings. The van der Waals surface area contributed by atoms with E-state index in [2.05, 4.69) is 33.4 Å². The Labute approximate surface area is 164 Å². The molecule has 0 N–H and O–H groups in total. The van der Waals surface area contributed by atoms with E-state index in [1.54, 1.807) is 6.20 Å². The molecule has 6 heteroatoms. The Hall–Kier alpha value is -3.57. The molecule has 0 unspecified atom stereocenters. The van der Waals surface area contributed by atoms with Crippen LogP contribution in [-0.4, -0.2) is 24.6 Å². The molecule has 0 atom stereocenters. The number of pyridine rings is 2. The van der Waals surface area contributed by atoms with Crippen molar-refractivity contribution in [1.29, 1.82) is 0 Å². The van der Waals surface area contributed by atoms with Gasteiger partial charge in [-0.3, -0.25) is 4.40 Å². The fraction of sp³-hybridized carbons (Fsp3) is 0. The molecule has 0 saturated heterocycles. The number of para-hydroxylation sites is 1.